The smallest absolute Gasteiger partial charge is 0.175 e. The van der Waals surface area contributed by atoms with Crippen molar-refractivity contribution in [1.82, 2.24) is 4.90 Å². The first-order chi connectivity index (χ1) is 15.4. The predicted molar refractivity (Wildman–Crippen MR) is 132 cm³/mol. The quantitative estimate of drug-likeness (QED) is 0.420. The molecule has 0 radical (unpaired) electrons. The van der Waals surface area contributed by atoms with Crippen LogP contribution in [0.1, 0.15) is 5.56 Å². The Morgan fingerprint density at radius 1 is 0.750 bits per heavy atom. The van der Waals surface area contributed by atoms with E-state index in [4.69, 9.17) is 0 Å². The highest BCUT2D eigenvalue weighted by molar-refractivity contribution is 7.90. The molecule has 0 saturated heterocycles. The minimum absolute atomic E-state index is 0.346. The van der Waals surface area contributed by atoms with Gasteiger partial charge in [-0.25, -0.2) is 8.42 Å². The number of rotatable bonds is 3. The van der Waals surface area contributed by atoms with Gasteiger partial charge in [-0.15, -0.1) is 0 Å². The molecule has 0 unspecified atom stereocenters. The number of nitrogens with zero attached hydrogens (tertiary/aromatic N) is 2. The van der Waals surface area contributed by atoms with Crippen LogP contribution in [0.15, 0.2) is 89.8 Å². The molecular weight excluding hydrogens is 416 g/mol. The van der Waals surface area contributed by atoms with Crippen LogP contribution in [0, 0.1) is 0 Å². The van der Waals surface area contributed by atoms with Crippen LogP contribution in [0.4, 0.5) is 11.4 Å². The third-order valence-corrected chi connectivity index (χ3v) is 7.30. The van der Waals surface area contributed by atoms with E-state index in [-0.39, 0.29) is 0 Å². The maximum Gasteiger partial charge on any atom is 0.175 e. The molecule has 5 rings (SSSR count). The van der Waals surface area contributed by atoms with E-state index >= 15 is 0 Å². The summed E-state index contributed by atoms with van der Waals surface area (Å²) in [7, 11) is -1.04. The highest BCUT2D eigenvalue weighted by Gasteiger charge is 2.20. The SMILES string of the molecule is CN1CCN(c2ccc3ccccc3c2)c2ccc(-c3ccc(S(C)(=O)=O)cc3)cc2C1. The van der Waals surface area contributed by atoms with Crippen LogP contribution >= 0.6 is 0 Å². The van der Waals surface area contributed by atoms with Crippen molar-refractivity contribution in [2.75, 3.05) is 31.3 Å². The summed E-state index contributed by atoms with van der Waals surface area (Å²) in [5.41, 5.74) is 5.80. The number of benzene rings is 4. The third-order valence-electron chi connectivity index (χ3n) is 6.18. The van der Waals surface area contributed by atoms with Gasteiger partial charge in [-0.05, 0) is 70.9 Å². The van der Waals surface area contributed by atoms with Gasteiger partial charge in [0.05, 0.1) is 4.90 Å². The van der Waals surface area contributed by atoms with Crippen molar-refractivity contribution in [3.63, 3.8) is 0 Å². The van der Waals surface area contributed by atoms with Crippen molar-refractivity contribution in [3.05, 3.63) is 90.5 Å². The van der Waals surface area contributed by atoms with Gasteiger partial charge in [0, 0.05) is 37.3 Å². The molecule has 0 bridgehead atoms. The summed E-state index contributed by atoms with van der Waals surface area (Å²) < 4.78 is 23.6. The molecular formula is C27H26N2O2S. The van der Waals surface area contributed by atoms with Crippen molar-refractivity contribution in [2.45, 2.75) is 11.4 Å². The Balaban J connectivity index is 1.55. The maximum absolute atomic E-state index is 11.8. The van der Waals surface area contributed by atoms with Crippen LogP contribution in [0.25, 0.3) is 21.9 Å². The first-order valence-electron chi connectivity index (χ1n) is 10.8. The molecule has 0 N–H and O–H groups in total. The van der Waals surface area contributed by atoms with Gasteiger partial charge in [0.15, 0.2) is 9.84 Å². The van der Waals surface area contributed by atoms with Gasteiger partial charge in [-0.3, -0.25) is 0 Å². The topological polar surface area (TPSA) is 40.6 Å². The molecule has 32 heavy (non-hydrogen) atoms. The highest BCUT2D eigenvalue weighted by Crippen LogP contribution is 2.35. The van der Waals surface area contributed by atoms with Crippen molar-refractivity contribution in [1.29, 1.82) is 0 Å². The largest absolute Gasteiger partial charge is 0.340 e. The first kappa shape index (κ1) is 20.7. The number of anilines is 2. The zero-order valence-corrected chi connectivity index (χ0v) is 19.1. The van der Waals surface area contributed by atoms with Gasteiger partial charge < -0.3 is 9.80 Å². The first-order valence-corrected chi connectivity index (χ1v) is 12.7. The number of sulfone groups is 1. The summed E-state index contributed by atoms with van der Waals surface area (Å²) in [6, 6.07) is 28.8. The molecule has 1 aliphatic heterocycles. The molecule has 0 saturated carbocycles. The zero-order valence-electron chi connectivity index (χ0n) is 18.3. The minimum Gasteiger partial charge on any atom is -0.340 e. The Kier molecular flexibility index (Phi) is 5.24. The predicted octanol–water partition coefficient (Wildman–Crippen LogP) is 5.49. The maximum atomic E-state index is 11.8. The molecule has 5 heteroatoms. The Bertz CT molecular complexity index is 1400. The van der Waals surface area contributed by atoms with Crippen molar-refractivity contribution < 1.29 is 8.42 Å². The van der Waals surface area contributed by atoms with Crippen LogP contribution in [-0.4, -0.2) is 39.7 Å². The second-order valence-corrected chi connectivity index (χ2v) is 10.6. The highest BCUT2D eigenvalue weighted by atomic mass is 32.2. The van der Waals surface area contributed by atoms with Crippen LogP contribution in [0.3, 0.4) is 0 Å². The van der Waals surface area contributed by atoms with Crippen LogP contribution in [0.2, 0.25) is 0 Å². The number of fused-ring (bicyclic) bond motifs is 2. The summed E-state index contributed by atoms with van der Waals surface area (Å²) in [6.45, 7) is 2.76. The fourth-order valence-corrected chi connectivity index (χ4v) is 5.05. The normalized spacial score (nSPS) is 14.9. The average Bonchev–Trinajstić information content (AvgIpc) is 2.96. The summed E-state index contributed by atoms with van der Waals surface area (Å²) >= 11 is 0. The average molecular weight is 443 g/mol. The molecule has 0 amide bonds. The molecule has 4 aromatic rings. The second kappa shape index (κ2) is 8.08. The van der Waals surface area contributed by atoms with Gasteiger partial charge in [-0.2, -0.15) is 0 Å². The molecule has 0 aromatic heterocycles. The van der Waals surface area contributed by atoms with E-state index in [1.54, 1.807) is 12.1 Å². The molecule has 4 nitrogen and oxygen atoms in total. The lowest BCUT2D eigenvalue weighted by molar-refractivity contribution is 0.343. The molecule has 0 spiro atoms. The zero-order chi connectivity index (χ0) is 22.3. The third kappa shape index (κ3) is 4.01. The Labute approximate surface area is 189 Å². The molecule has 4 aromatic carbocycles. The summed E-state index contributed by atoms with van der Waals surface area (Å²) in [6.07, 6.45) is 1.24. The van der Waals surface area contributed by atoms with E-state index < -0.39 is 9.84 Å². The lowest BCUT2D eigenvalue weighted by Crippen LogP contribution is -2.26. The van der Waals surface area contributed by atoms with Gasteiger partial charge >= 0.3 is 0 Å². The Morgan fingerprint density at radius 3 is 2.22 bits per heavy atom. The van der Waals surface area contributed by atoms with Crippen LogP contribution in [-0.2, 0) is 16.4 Å². The Hall–Kier alpha value is -3.15. The molecule has 1 heterocycles. The second-order valence-electron chi connectivity index (χ2n) is 8.56. The van der Waals surface area contributed by atoms with Gasteiger partial charge in [-0.1, -0.05) is 48.5 Å². The molecule has 0 fully saturated rings. The van der Waals surface area contributed by atoms with E-state index in [9.17, 15) is 8.42 Å². The molecule has 0 aliphatic carbocycles. The van der Waals surface area contributed by atoms with E-state index in [1.807, 2.05) is 12.1 Å². The monoisotopic (exact) mass is 442 g/mol. The molecule has 162 valence electrons. The van der Waals surface area contributed by atoms with Crippen molar-refractivity contribution in [2.24, 2.45) is 0 Å². The van der Waals surface area contributed by atoms with E-state index in [2.05, 4.69) is 77.5 Å². The van der Waals surface area contributed by atoms with Gasteiger partial charge in [0.25, 0.3) is 0 Å². The fraction of sp³-hybridized carbons (Fsp3) is 0.185. The van der Waals surface area contributed by atoms with Gasteiger partial charge in [0.1, 0.15) is 0 Å². The minimum atomic E-state index is -3.20. The van der Waals surface area contributed by atoms with Crippen molar-refractivity contribution in [3.8, 4) is 11.1 Å². The summed E-state index contributed by atoms with van der Waals surface area (Å²) in [4.78, 5) is 5.09. The van der Waals surface area contributed by atoms with E-state index in [1.165, 1.54) is 34.0 Å². The summed E-state index contributed by atoms with van der Waals surface area (Å²) in [5.74, 6) is 0. The van der Waals surface area contributed by atoms with E-state index in [0.29, 0.717) is 4.90 Å². The number of hydrogen-bond donors (Lipinski definition) is 0. The molecule has 1 aliphatic rings. The lowest BCUT2D eigenvalue weighted by Gasteiger charge is -2.25. The molecule has 0 atom stereocenters. The van der Waals surface area contributed by atoms with E-state index in [0.717, 1.165) is 30.8 Å². The standard InChI is InChI=1S/C27H26N2O2S/c1-28-15-16-29(25-11-7-20-5-3-4-6-22(20)18-25)27-14-10-23(17-24(27)19-28)21-8-12-26(13-9-21)32(2,30)31/h3-14,17-18H,15-16,19H2,1-2H3. The van der Waals surface area contributed by atoms with Gasteiger partial charge in [0.2, 0.25) is 0 Å². The lowest BCUT2D eigenvalue weighted by atomic mass is 10.0. The summed E-state index contributed by atoms with van der Waals surface area (Å²) in [5, 5.41) is 2.49. The number of likely N-dealkylation sites (N-methyl/N-ethyl adjacent to an activating group) is 1. The van der Waals surface area contributed by atoms with Crippen LogP contribution in [0.5, 0.6) is 0 Å². The van der Waals surface area contributed by atoms with Crippen LogP contribution < -0.4 is 4.90 Å². The van der Waals surface area contributed by atoms with Crippen molar-refractivity contribution >= 4 is 32.0 Å². The Morgan fingerprint density at radius 2 is 1.47 bits per heavy atom. The number of hydrogen-bond acceptors (Lipinski definition) is 4. The fourth-order valence-electron chi connectivity index (χ4n) is 4.42.